The van der Waals surface area contributed by atoms with Gasteiger partial charge in [0.05, 0.1) is 17.3 Å². The molecule has 28 heavy (non-hydrogen) atoms. The van der Waals surface area contributed by atoms with Gasteiger partial charge in [0.25, 0.3) is 5.91 Å². The summed E-state index contributed by atoms with van der Waals surface area (Å²) in [5.41, 5.74) is 4.09. The van der Waals surface area contributed by atoms with Gasteiger partial charge in [0, 0.05) is 49.9 Å². The van der Waals surface area contributed by atoms with Crippen molar-refractivity contribution in [1.29, 1.82) is 0 Å². The number of fused-ring (bicyclic) bond motifs is 1. The Kier molecular flexibility index (Phi) is 5.32. The van der Waals surface area contributed by atoms with E-state index in [4.69, 9.17) is 4.74 Å². The lowest BCUT2D eigenvalue weighted by Crippen LogP contribution is -2.41. The topological polar surface area (TPSA) is 54.5 Å². The van der Waals surface area contributed by atoms with E-state index in [0.29, 0.717) is 30.0 Å². The number of hydrogen-bond donors (Lipinski definition) is 1. The molecule has 0 radical (unpaired) electrons. The van der Waals surface area contributed by atoms with Crippen molar-refractivity contribution in [2.45, 2.75) is 58.7 Å². The SMILES string of the molecule is CC(C)=CCCN1C[C@@H]2[C@H](CNC(=O)c3cnc(C)c(C)c3)[C@H]3CC[C@]2(C1)O3. The summed E-state index contributed by atoms with van der Waals surface area (Å²) in [5, 5.41) is 3.17. The molecule has 0 unspecified atom stereocenters. The highest BCUT2D eigenvalue weighted by Crippen LogP contribution is 2.54. The fourth-order valence-electron chi connectivity index (χ4n) is 5.35. The van der Waals surface area contributed by atoms with Crippen LogP contribution in [0.5, 0.6) is 0 Å². The molecule has 0 aromatic carbocycles. The van der Waals surface area contributed by atoms with Crippen molar-refractivity contribution in [2.75, 3.05) is 26.2 Å². The molecule has 4 atom stereocenters. The van der Waals surface area contributed by atoms with E-state index in [-0.39, 0.29) is 11.5 Å². The third-order valence-corrected chi connectivity index (χ3v) is 6.95. The Hall–Kier alpha value is -1.72. The second-order valence-corrected chi connectivity index (χ2v) is 9.17. The number of rotatable bonds is 6. The van der Waals surface area contributed by atoms with Crippen LogP contribution in [0, 0.1) is 25.7 Å². The summed E-state index contributed by atoms with van der Waals surface area (Å²) < 4.78 is 6.51. The average Bonchev–Trinajstić information content (AvgIpc) is 3.29. The molecule has 5 nitrogen and oxygen atoms in total. The quantitative estimate of drug-likeness (QED) is 0.766. The van der Waals surface area contributed by atoms with Crippen molar-refractivity contribution in [1.82, 2.24) is 15.2 Å². The fraction of sp³-hybridized carbons (Fsp3) is 0.652. The fourth-order valence-corrected chi connectivity index (χ4v) is 5.35. The first-order chi connectivity index (χ1) is 13.4. The van der Waals surface area contributed by atoms with E-state index in [9.17, 15) is 4.79 Å². The predicted octanol–water partition coefficient (Wildman–Crippen LogP) is 3.26. The minimum Gasteiger partial charge on any atom is -0.370 e. The molecule has 0 saturated carbocycles. The Morgan fingerprint density at radius 1 is 1.43 bits per heavy atom. The number of aryl methyl sites for hydroxylation is 2. The van der Waals surface area contributed by atoms with E-state index < -0.39 is 0 Å². The molecule has 3 aliphatic rings. The summed E-state index contributed by atoms with van der Waals surface area (Å²) in [5.74, 6) is 0.938. The van der Waals surface area contributed by atoms with Crippen LogP contribution in [0.4, 0.5) is 0 Å². The van der Waals surface area contributed by atoms with E-state index in [1.54, 1.807) is 6.20 Å². The van der Waals surface area contributed by atoms with E-state index in [2.05, 4.69) is 35.1 Å². The Bertz CT molecular complexity index is 786. The van der Waals surface area contributed by atoms with E-state index in [0.717, 1.165) is 43.7 Å². The number of nitrogens with zero attached hydrogens (tertiary/aromatic N) is 2. The second kappa shape index (κ2) is 7.60. The summed E-state index contributed by atoms with van der Waals surface area (Å²) >= 11 is 0. The molecule has 1 aromatic heterocycles. The number of allylic oxidation sites excluding steroid dienone is 1. The molecule has 1 spiro atoms. The summed E-state index contributed by atoms with van der Waals surface area (Å²) in [6, 6.07) is 1.93. The van der Waals surface area contributed by atoms with Crippen LogP contribution in [-0.4, -0.2) is 53.7 Å². The van der Waals surface area contributed by atoms with Crippen LogP contribution in [0.3, 0.4) is 0 Å². The van der Waals surface area contributed by atoms with Gasteiger partial charge in [-0.15, -0.1) is 0 Å². The lowest BCUT2D eigenvalue weighted by atomic mass is 9.73. The molecular weight excluding hydrogens is 350 g/mol. The largest absolute Gasteiger partial charge is 0.370 e. The first-order valence-electron chi connectivity index (χ1n) is 10.6. The van der Waals surface area contributed by atoms with E-state index in [1.165, 1.54) is 12.0 Å². The van der Waals surface area contributed by atoms with Crippen LogP contribution in [0.15, 0.2) is 23.9 Å². The number of amides is 1. The van der Waals surface area contributed by atoms with E-state index in [1.807, 2.05) is 19.9 Å². The van der Waals surface area contributed by atoms with Crippen LogP contribution in [0.25, 0.3) is 0 Å². The second-order valence-electron chi connectivity index (χ2n) is 9.17. The molecule has 3 saturated heterocycles. The molecule has 0 aliphatic carbocycles. The van der Waals surface area contributed by atoms with Crippen LogP contribution < -0.4 is 5.32 Å². The zero-order valence-corrected chi connectivity index (χ0v) is 17.6. The molecule has 4 heterocycles. The molecule has 3 aliphatic heterocycles. The van der Waals surface area contributed by atoms with Gasteiger partial charge < -0.3 is 10.1 Å². The molecule has 5 heteroatoms. The molecule has 1 N–H and O–H groups in total. The van der Waals surface area contributed by atoms with Crippen LogP contribution in [0.1, 0.15) is 54.7 Å². The smallest absolute Gasteiger partial charge is 0.252 e. The highest BCUT2D eigenvalue weighted by Gasteiger charge is 2.62. The van der Waals surface area contributed by atoms with Crippen molar-refractivity contribution in [3.8, 4) is 0 Å². The standard InChI is InChI=1S/C23H33N3O2/c1-15(2)6-5-9-26-13-20-19(21-7-8-23(20,14-26)28-21)12-25-22(27)18-10-16(3)17(4)24-11-18/h6,10-11,19-21H,5,7-9,12-14H2,1-4H3,(H,25,27)/t19-,20+,21+,23+/m0/s1. The molecule has 1 amide bonds. The number of carbonyl (C=O) groups is 1. The maximum atomic E-state index is 12.6. The van der Waals surface area contributed by atoms with Gasteiger partial charge in [-0.2, -0.15) is 0 Å². The van der Waals surface area contributed by atoms with Crippen molar-refractivity contribution in [2.24, 2.45) is 11.8 Å². The number of aromatic nitrogens is 1. The molecule has 2 bridgehead atoms. The van der Waals surface area contributed by atoms with Gasteiger partial charge in [-0.1, -0.05) is 11.6 Å². The zero-order chi connectivity index (χ0) is 19.9. The van der Waals surface area contributed by atoms with Crippen molar-refractivity contribution in [3.05, 3.63) is 40.7 Å². The minimum absolute atomic E-state index is 0.0224. The minimum atomic E-state index is -0.0224. The van der Waals surface area contributed by atoms with Crippen LogP contribution in [-0.2, 0) is 4.74 Å². The average molecular weight is 384 g/mol. The first kappa shape index (κ1) is 19.6. The third kappa shape index (κ3) is 3.62. The normalized spacial score (nSPS) is 31.1. The monoisotopic (exact) mass is 383 g/mol. The summed E-state index contributed by atoms with van der Waals surface area (Å²) in [6.07, 6.45) is 7.71. The zero-order valence-electron chi connectivity index (χ0n) is 17.6. The van der Waals surface area contributed by atoms with Gasteiger partial charge in [0.1, 0.15) is 0 Å². The van der Waals surface area contributed by atoms with Crippen molar-refractivity contribution in [3.63, 3.8) is 0 Å². The number of carbonyl (C=O) groups excluding carboxylic acids is 1. The Morgan fingerprint density at radius 2 is 2.25 bits per heavy atom. The maximum absolute atomic E-state index is 12.6. The Morgan fingerprint density at radius 3 is 3.00 bits per heavy atom. The predicted molar refractivity (Wildman–Crippen MR) is 110 cm³/mol. The number of pyridine rings is 1. The molecule has 4 rings (SSSR count). The number of ether oxygens (including phenoxy) is 1. The molecular formula is C23H33N3O2. The Balaban J connectivity index is 1.37. The summed E-state index contributed by atoms with van der Waals surface area (Å²) in [4.78, 5) is 19.5. The first-order valence-corrected chi connectivity index (χ1v) is 10.6. The lowest BCUT2D eigenvalue weighted by molar-refractivity contribution is 0.00290. The Labute approximate surface area is 168 Å². The third-order valence-electron chi connectivity index (χ3n) is 6.95. The molecule has 152 valence electrons. The summed E-state index contributed by atoms with van der Waals surface area (Å²) in [6.45, 7) is 12.2. The van der Waals surface area contributed by atoms with E-state index >= 15 is 0 Å². The maximum Gasteiger partial charge on any atom is 0.252 e. The van der Waals surface area contributed by atoms with Gasteiger partial charge in [0.15, 0.2) is 0 Å². The molecule has 1 aromatic rings. The number of likely N-dealkylation sites (tertiary alicyclic amines) is 1. The van der Waals surface area contributed by atoms with Crippen LogP contribution in [0.2, 0.25) is 0 Å². The van der Waals surface area contributed by atoms with Gasteiger partial charge >= 0.3 is 0 Å². The summed E-state index contributed by atoms with van der Waals surface area (Å²) in [7, 11) is 0. The van der Waals surface area contributed by atoms with Crippen molar-refractivity contribution >= 4 is 5.91 Å². The van der Waals surface area contributed by atoms with Crippen molar-refractivity contribution < 1.29 is 9.53 Å². The van der Waals surface area contributed by atoms with Gasteiger partial charge in [-0.05, 0) is 58.6 Å². The highest BCUT2D eigenvalue weighted by molar-refractivity contribution is 5.94. The highest BCUT2D eigenvalue weighted by atomic mass is 16.5. The lowest BCUT2D eigenvalue weighted by Gasteiger charge is -2.29. The molecule has 3 fully saturated rings. The number of hydrogen-bond acceptors (Lipinski definition) is 4. The van der Waals surface area contributed by atoms with Crippen LogP contribution >= 0.6 is 0 Å². The van der Waals surface area contributed by atoms with Gasteiger partial charge in [-0.25, -0.2) is 0 Å². The van der Waals surface area contributed by atoms with Gasteiger partial charge in [0.2, 0.25) is 0 Å². The number of nitrogens with one attached hydrogen (secondary N) is 1. The van der Waals surface area contributed by atoms with Gasteiger partial charge in [-0.3, -0.25) is 14.7 Å².